The van der Waals surface area contributed by atoms with Crippen LogP contribution in [0.3, 0.4) is 0 Å². The van der Waals surface area contributed by atoms with Crippen molar-refractivity contribution >= 4 is 26.3 Å². The maximum Gasteiger partial charge on any atom is 0.534 e. The Bertz CT molecular complexity index is 1190. The molecule has 8 heteroatoms. The van der Waals surface area contributed by atoms with Crippen LogP contribution in [-0.4, -0.2) is 43.6 Å². The highest BCUT2D eigenvalue weighted by Gasteiger charge is 2.62. The third-order valence-corrected chi connectivity index (χ3v) is 18.4. The van der Waals surface area contributed by atoms with Crippen LogP contribution < -0.4 is 0 Å². The zero-order chi connectivity index (χ0) is 33.8. The zero-order valence-corrected chi connectivity index (χ0v) is 31.6. The van der Waals surface area contributed by atoms with Crippen LogP contribution in [0.25, 0.3) is 0 Å². The molecular weight excluding hydrogens is 595 g/mol. The fourth-order valence-corrected chi connectivity index (χ4v) is 11.5. The number of hydroxylamine groups is 2. The van der Waals surface area contributed by atoms with Crippen LogP contribution in [0.4, 0.5) is 4.79 Å². The number of rotatable bonds is 9. The first kappa shape index (κ1) is 35.6. The number of hydrogen-bond donors (Lipinski definition) is 0. The molecule has 5 aliphatic rings. The lowest BCUT2D eigenvalue weighted by Crippen LogP contribution is -2.58. The minimum Gasteiger partial charge on any atom is -0.429 e. The van der Waals surface area contributed by atoms with E-state index in [1.807, 2.05) is 0 Å². The van der Waals surface area contributed by atoms with Gasteiger partial charge in [-0.1, -0.05) is 91.4 Å². The summed E-state index contributed by atoms with van der Waals surface area (Å²) in [5.41, 5.74) is 1.75. The van der Waals surface area contributed by atoms with Crippen molar-refractivity contribution in [3.8, 4) is 0 Å². The third-order valence-electron chi connectivity index (χ3n) is 13.9. The summed E-state index contributed by atoms with van der Waals surface area (Å²) in [7, 11) is -2.08. The molecule has 0 aromatic rings. The SMILES string of the molecule is CC(C)CCC[C@@H](C)[C@H]1CC[C@H]2C3C(O[Si](C)(C)C(C)(C)C)C=C4C[C@@H](OC(=O)ON5C(=O)CCC5=O)CC[C@]4(C)[C@H]3CC[C@]12C. The molecule has 0 aromatic carbocycles. The molecule has 1 aliphatic heterocycles. The van der Waals surface area contributed by atoms with Crippen molar-refractivity contribution in [3.63, 3.8) is 0 Å². The molecule has 7 nitrogen and oxygen atoms in total. The molecule has 0 aromatic heterocycles. The standard InChI is InChI=1S/C38H63NO6Si/c1-24(2)12-11-13-25(3)28-14-15-29-34-30(19-21-38(28,29)8)37(7)20-18-27(43-35(42)44-39-32(40)16-17-33(39)41)22-26(37)23-31(34)45-46(9,10)36(4,5)6/h23-25,27-31,34H,11-22H2,1-10H3/t25-,27+,28-,29+,30+,31?,34?,37+,38-/m1/s1. The Morgan fingerprint density at radius 1 is 0.978 bits per heavy atom. The summed E-state index contributed by atoms with van der Waals surface area (Å²) >= 11 is 0. The highest BCUT2D eigenvalue weighted by atomic mass is 28.4. The molecule has 2 amide bonds. The molecular formula is C38H63NO6Si. The fraction of sp³-hybridized carbons (Fsp3) is 0.868. The van der Waals surface area contributed by atoms with Gasteiger partial charge in [0.2, 0.25) is 0 Å². The van der Waals surface area contributed by atoms with Gasteiger partial charge in [-0.15, -0.1) is 0 Å². The molecule has 0 spiro atoms. The van der Waals surface area contributed by atoms with Gasteiger partial charge in [0, 0.05) is 19.3 Å². The number of nitrogens with zero attached hydrogens (tertiary/aromatic N) is 1. The summed E-state index contributed by atoms with van der Waals surface area (Å²) in [5.74, 6) is 3.04. The smallest absolute Gasteiger partial charge is 0.429 e. The predicted molar refractivity (Wildman–Crippen MR) is 183 cm³/mol. The summed E-state index contributed by atoms with van der Waals surface area (Å²) < 4.78 is 13.2. The zero-order valence-electron chi connectivity index (χ0n) is 30.6. The lowest BCUT2D eigenvalue weighted by Gasteiger charge is -2.61. The van der Waals surface area contributed by atoms with E-state index in [9.17, 15) is 14.4 Å². The molecule has 1 heterocycles. The van der Waals surface area contributed by atoms with Crippen molar-refractivity contribution in [1.82, 2.24) is 5.06 Å². The van der Waals surface area contributed by atoms with Crippen molar-refractivity contribution in [2.45, 2.75) is 163 Å². The van der Waals surface area contributed by atoms with Crippen LogP contribution in [0, 0.1) is 46.3 Å². The molecule has 0 N–H and O–H groups in total. The topological polar surface area (TPSA) is 82.1 Å². The van der Waals surface area contributed by atoms with E-state index in [1.54, 1.807) is 0 Å². The van der Waals surface area contributed by atoms with Crippen LogP contribution >= 0.6 is 0 Å². The second-order valence-corrected chi connectivity index (χ2v) is 22.9. The summed E-state index contributed by atoms with van der Waals surface area (Å²) in [6.07, 6.45) is 12.9. The lowest BCUT2D eigenvalue weighted by atomic mass is 9.46. The second-order valence-electron chi connectivity index (χ2n) is 18.2. The summed E-state index contributed by atoms with van der Waals surface area (Å²) in [4.78, 5) is 41.7. The molecule has 2 unspecified atom stereocenters. The summed E-state index contributed by atoms with van der Waals surface area (Å²) in [5, 5.41) is 0.678. The predicted octanol–water partition coefficient (Wildman–Crippen LogP) is 9.61. The van der Waals surface area contributed by atoms with Crippen molar-refractivity contribution in [3.05, 3.63) is 11.6 Å². The molecule has 4 fully saturated rings. The van der Waals surface area contributed by atoms with Gasteiger partial charge in [-0.05, 0) is 103 Å². The number of hydrogen-bond acceptors (Lipinski definition) is 6. The van der Waals surface area contributed by atoms with Crippen molar-refractivity contribution in [1.29, 1.82) is 0 Å². The highest BCUT2D eigenvalue weighted by molar-refractivity contribution is 6.74. The van der Waals surface area contributed by atoms with E-state index >= 15 is 0 Å². The Labute approximate surface area is 280 Å². The Hall–Kier alpha value is -1.67. The quantitative estimate of drug-likeness (QED) is 0.106. The van der Waals surface area contributed by atoms with E-state index in [-0.39, 0.29) is 35.5 Å². The molecule has 3 saturated carbocycles. The molecule has 0 bridgehead atoms. The number of imide groups is 1. The van der Waals surface area contributed by atoms with E-state index < -0.39 is 26.3 Å². The first-order valence-electron chi connectivity index (χ1n) is 18.5. The van der Waals surface area contributed by atoms with Gasteiger partial charge in [-0.25, -0.2) is 4.79 Å². The minimum absolute atomic E-state index is 0.0465. The molecule has 260 valence electrons. The molecule has 0 radical (unpaired) electrons. The van der Waals surface area contributed by atoms with Crippen LogP contribution in [0.1, 0.15) is 132 Å². The van der Waals surface area contributed by atoms with Gasteiger partial charge in [-0.3, -0.25) is 14.4 Å². The molecule has 5 rings (SSSR count). The third kappa shape index (κ3) is 6.64. The van der Waals surface area contributed by atoms with Crippen molar-refractivity contribution < 1.29 is 28.4 Å². The summed E-state index contributed by atoms with van der Waals surface area (Å²) in [6.45, 7) is 24.1. The highest BCUT2D eigenvalue weighted by Crippen LogP contribution is 2.68. The van der Waals surface area contributed by atoms with Crippen LogP contribution in [0.2, 0.25) is 18.1 Å². The largest absolute Gasteiger partial charge is 0.534 e. The van der Waals surface area contributed by atoms with Gasteiger partial charge >= 0.3 is 6.16 Å². The van der Waals surface area contributed by atoms with Gasteiger partial charge in [-0.2, -0.15) is 0 Å². The molecule has 46 heavy (non-hydrogen) atoms. The Morgan fingerprint density at radius 2 is 1.65 bits per heavy atom. The maximum absolute atomic E-state index is 12.7. The van der Waals surface area contributed by atoms with Crippen LogP contribution in [0.15, 0.2) is 11.6 Å². The number of carbonyl (C=O) groups excluding carboxylic acids is 3. The van der Waals surface area contributed by atoms with Gasteiger partial charge in [0.15, 0.2) is 8.32 Å². The van der Waals surface area contributed by atoms with Gasteiger partial charge < -0.3 is 9.16 Å². The Balaban J connectivity index is 1.39. The van der Waals surface area contributed by atoms with E-state index in [0.717, 1.165) is 30.6 Å². The van der Waals surface area contributed by atoms with E-state index in [0.29, 0.717) is 34.7 Å². The fourth-order valence-electron chi connectivity index (χ4n) is 10.2. The van der Waals surface area contributed by atoms with E-state index in [1.165, 1.54) is 50.5 Å². The first-order valence-corrected chi connectivity index (χ1v) is 21.4. The van der Waals surface area contributed by atoms with Crippen molar-refractivity contribution in [2.24, 2.45) is 46.3 Å². The summed E-state index contributed by atoms with van der Waals surface area (Å²) in [6, 6.07) is 0. The average Bonchev–Trinajstić information content (AvgIpc) is 3.46. The Morgan fingerprint density at radius 3 is 2.28 bits per heavy atom. The second kappa shape index (κ2) is 13.0. The minimum atomic E-state index is -2.08. The van der Waals surface area contributed by atoms with Gasteiger partial charge in [0.05, 0.1) is 6.10 Å². The van der Waals surface area contributed by atoms with Crippen LogP contribution in [0.5, 0.6) is 0 Å². The number of fused-ring (bicyclic) bond motifs is 5. The number of ether oxygens (including phenoxy) is 1. The maximum atomic E-state index is 12.7. The van der Waals surface area contributed by atoms with Crippen LogP contribution in [-0.2, 0) is 23.6 Å². The van der Waals surface area contributed by atoms with E-state index in [2.05, 4.69) is 74.6 Å². The molecule has 1 saturated heterocycles. The lowest BCUT2D eigenvalue weighted by molar-refractivity contribution is -0.179. The monoisotopic (exact) mass is 657 g/mol. The number of amides is 2. The molecule has 9 atom stereocenters. The van der Waals surface area contributed by atoms with Gasteiger partial charge in [0.1, 0.15) is 6.10 Å². The first-order chi connectivity index (χ1) is 21.4. The van der Waals surface area contributed by atoms with Crippen molar-refractivity contribution in [2.75, 3.05) is 0 Å². The van der Waals surface area contributed by atoms with Gasteiger partial charge in [0.25, 0.3) is 11.8 Å². The normalized spacial score (nSPS) is 37.0. The molecule has 4 aliphatic carbocycles. The van der Waals surface area contributed by atoms with E-state index in [4.69, 9.17) is 14.0 Å². The number of carbonyl (C=O) groups is 3. The average molecular weight is 658 g/mol. The Kier molecular flexibility index (Phi) is 10.1.